The summed E-state index contributed by atoms with van der Waals surface area (Å²) in [6.45, 7) is 5.23. The average molecular weight is 264 g/mol. The van der Waals surface area contributed by atoms with Crippen molar-refractivity contribution in [2.75, 3.05) is 26.2 Å². The van der Waals surface area contributed by atoms with Gasteiger partial charge >= 0.3 is 5.97 Å². The van der Waals surface area contributed by atoms with Gasteiger partial charge in [0, 0.05) is 32.6 Å². The molecule has 0 aromatic rings. The molecule has 1 aliphatic heterocycles. The zero-order valence-electron chi connectivity index (χ0n) is 10.3. The van der Waals surface area contributed by atoms with Gasteiger partial charge in [0.05, 0.1) is 0 Å². The molecule has 0 amide bonds. The molecule has 100 valence electrons. The number of carboxylic acid groups (broad SMARTS) is 1. The SMILES string of the molecule is CCN(CC)S(=O)(=O)N1CCC(CC(=O)O)C1. The van der Waals surface area contributed by atoms with Crippen LogP contribution < -0.4 is 0 Å². The third-order valence-electron chi connectivity index (χ3n) is 3.07. The second-order valence-electron chi connectivity index (χ2n) is 4.20. The van der Waals surface area contributed by atoms with E-state index >= 15 is 0 Å². The number of hydrogen-bond acceptors (Lipinski definition) is 3. The lowest BCUT2D eigenvalue weighted by molar-refractivity contribution is -0.137. The second kappa shape index (κ2) is 5.79. The summed E-state index contributed by atoms with van der Waals surface area (Å²) in [5.41, 5.74) is 0. The molecule has 0 aromatic heterocycles. The summed E-state index contributed by atoms with van der Waals surface area (Å²) >= 11 is 0. The van der Waals surface area contributed by atoms with Gasteiger partial charge in [-0.3, -0.25) is 4.79 Å². The first kappa shape index (κ1) is 14.4. The van der Waals surface area contributed by atoms with Crippen LogP contribution in [0, 0.1) is 5.92 Å². The molecule has 1 saturated heterocycles. The molecule has 0 radical (unpaired) electrons. The van der Waals surface area contributed by atoms with Crippen LogP contribution in [-0.4, -0.2) is 54.3 Å². The fraction of sp³-hybridized carbons (Fsp3) is 0.900. The molecule has 0 aliphatic carbocycles. The predicted molar refractivity (Wildman–Crippen MR) is 63.8 cm³/mol. The summed E-state index contributed by atoms with van der Waals surface area (Å²) in [6, 6.07) is 0. The Morgan fingerprint density at radius 3 is 2.47 bits per heavy atom. The summed E-state index contributed by atoms with van der Waals surface area (Å²) in [4.78, 5) is 10.6. The van der Waals surface area contributed by atoms with Crippen LogP contribution in [0.5, 0.6) is 0 Å². The van der Waals surface area contributed by atoms with Crippen LogP contribution in [0.1, 0.15) is 26.7 Å². The Labute approximate surface area is 102 Å². The maximum atomic E-state index is 12.1. The summed E-state index contributed by atoms with van der Waals surface area (Å²) in [5.74, 6) is -0.921. The van der Waals surface area contributed by atoms with Crippen molar-refractivity contribution in [3.63, 3.8) is 0 Å². The molecule has 7 heteroatoms. The first-order chi connectivity index (χ1) is 7.91. The van der Waals surface area contributed by atoms with E-state index in [1.54, 1.807) is 13.8 Å². The number of hydrogen-bond donors (Lipinski definition) is 1. The van der Waals surface area contributed by atoms with Gasteiger partial charge in [-0.1, -0.05) is 13.8 Å². The van der Waals surface area contributed by atoms with Gasteiger partial charge in [-0.2, -0.15) is 17.0 Å². The van der Waals surface area contributed by atoms with Crippen LogP contribution in [0.3, 0.4) is 0 Å². The van der Waals surface area contributed by atoms with E-state index in [1.807, 2.05) is 0 Å². The molecule has 1 rings (SSSR count). The van der Waals surface area contributed by atoms with Crippen molar-refractivity contribution in [2.45, 2.75) is 26.7 Å². The lowest BCUT2D eigenvalue weighted by atomic mass is 10.1. The maximum Gasteiger partial charge on any atom is 0.303 e. The Morgan fingerprint density at radius 1 is 1.41 bits per heavy atom. The average Bonchev–Trinajstić information content (AvgIpc) is 2.67. The monoisotopic (exact) mass is 264 g/mol. The van der Waals surface area contributed by atoms with Gasteiger partial charge in [0.1, 0.15) is 0 Å². The molecule has 0 saturated carbocycles. The highest BCUT2D eigenvalue weighted by Gasteiger charge is 2.34. The standard InChI is InChI=1S/C10H20N2O4S/c1-3-11(4-2)17(15,16)12-6-5-9(8-12)7-10(13)14/h9H,3-8H2,1-2H3,(H,13,14). The Balaban J connectivity index is 2.67. The van der Waals surface area contributed by atoms with E-state index in [-0.39, 0.29) is 12.3 Å². The lowest BCUT2D eigenvalue weighted by Crippen LogP contribution is -2.42. The van der Waals surface area contributed by atoms with Gasteiger partial charge in [0.25, 0.3) is 10.2 Å². The largest absolute Gasteiger partial charge is 0.481 e. The molecule has 0 bridgehead atoms. The molecule has 1 atom stereocenters. The number of rotatable bonds is 6. The Hall–Kier alpha value is -0.660. The fourth-order valence-corrected chi connectivity index (χ4v) is 3.85. The second-order valence-corrected chi connectivity index (χ2v) is 6.13. The van der Waals surface area contributed by atoms with Gasteiger partial charge in [-0.25, -0.2) is 0 Å². The minimum atomic E-state index is -3.40. The van der Waals surface area contributed by atoms with Crippen molar-refractivity contribution >= 4 is 16.2 Å². The van der Waals surface area contributed by atoms with Crippen LogP contribution in [0.25, 0.3) is 0 Å². The molecule has 17 heavy (non-hydrogen) atoms. The third-order valence-corrected chi connectivity index (χ3v) is 5.22. The third kappa shape index (κ3) is 3.40. The quantitative estimate of drug-likeness (QED) is 0.752. The molecule has 1 aliphatic rings. The van der Waals surface area contributed by atoms with Crippen LogP contribution in [0.2, 0.25) is 0 Å². The first-order valence-corrected chi connectivity index (χ1v) is 7.28. The van der Waals surface area contributed by atoms with Gasteiger partial charge in [0.15, 0.2) is 0 Å². The summed E-state index contributed by atoms with van der Waals surface area (Å²) in [5, 5.41) is 8.69. The molecular formula is C10H20N2O4S. The number of carboxylic acids is 1. The zero-order valence-corrected chi connectivity index (χ0v) is 11.1. The van der Waals surface area contributed by atoms with Crippen LogP contribution >= 0.6 is 0 Å². The van der Waals surface area contributed by atoms with E-state index in [4.69, 9.17) is 5.11 Å². The van der Waals surface area contributed by atoms with Gasteiger partial charge in [-0.05, 0) is 12.3 Å². The number of aliphatic carboxylic acids is 1. The minimum absolute atomic E-state index is 0.0459. The predicted octanol–water partition coefficient (Wildman–Crippen LogP) is 0.370. The first-order valence-electron chi connectivity index (χ1n) is 5.88. The Morgan fingerprint density at radius 2 is 2.00 bits per heavy atom. The van der Waals surface area contributed by atoms with Crippen molar-refractivity contribution in [1.29, 1.82) is 0 Å². The number of carbonyl (C=O) groups is 1. The van der Waals surface area contributed by atoms with E-state index in [9.17, 15) is 13.2 Å². The zero-order chi connectivity index (χ0) is 13.1. The summed E-state index contributed by atoms with van der Waals surface area (Å²) in [7, 11) is -3.40. The van der Waals surface area contributed by atoms with Crippen LogP contribution in [0.4, 0.5) is 0 Å². The highest BCUT2D eigenvalue weighted by Crippen LogP contribution is 2.23. The van der Waals surface area contributed by atoms with Crippen molar-refractivity contribution in [1.82, 2.24) is 8.61 Å². The molecule has 0 spiro atoms. The van der Waals surface area contributed by atoms with E-state index < -0.39 is 16.2 Å². The molecule has 1 heterocycles. The van der Waals surface area contributed by atoms with Crippen LogP contribution in [0.15, 0.2) is 0 Å². The van der Waals surface area contributed by atoms with E-state index in [2.05, 4.69) is 0 Å². The lowest BCUT2D eigenvalue weighted by Gasteiger charge is -2.25. The Kier molecular flexibility index (Phi) is 4.91. The van der Waals surface area contributed by atoms with Gasteiger partial charge in [-0.15, -0.1) is 0 Å². The molecule has 0 aromatic carbocycles. The Bertz CT molecular complexity index is 365. The molecule has 1 fully saturated rings. The van der Waals surface area contributed by atoms with Crippen molar-refractivity contribution in [3.05, 3.63) is 0 Å². The van der Waals surface area contributed by atoms with Gasteiger partial charge < -0.3 is 5.11 Å². The normalized spacial score (nSPS) is 22.2. The minimum Gasteiger partial charge on any atom is -0.481 e. The van der Waals surface area contributed by atoms with Crippen LogP contribution in [-0.2, 0) is 15.0 Å². The summed E-state index contributed by atoms with van der Waals surface area (Å²) < 4.78 is 27.1. The highest BCUT2D eigenvalue weighted by molar-refractivity contribution is 7.86. The molecule has 1 unspecified atom stereocenters. The number of nitrogens with zero attached hydrogens (tertiary/aromatic N) is 2. The molecule has 6 nitrogen and oxygen atoms in total. The topological polar surface area (TPSA) is 77.9 Å². The van der Waals surface area contributed by atoms with E-state index in [0.717, 1.165) is 0 Å². The van der Waals surface area contributed by atoms with E-state index in [1.165, 1.54) is 8.61 Å². The van der Waals surface area contributed by atoms with E-state index in [0.29, 0.717) is 32.6 Å². The van der Waals surface area contributed by atoms with Crippen molar-refractivity contribution in [2.24, 2.45) is 5.92 Å². The molecule has 1 N–H and O–H groups in total. The smallest absolute Gasteiger partial charge is 0.303 e. The highest BCUT2D eigenvalue weighted by atomic mass is 32.2. The fourth-order valence-electron chi connectivity index (χ4n) is 2.13. The van der Waals surface area contributed by atoms with Gasteiger partial charge in [0.2, 0.25) is 0 Å². The molecular weight excluding hydrogens is 244 g/mol. The van der Waals surface area contributed by atoms with Crippen molar-refractivity contribution in [3.8, 4) is 0 Å². The van der Waals surface area contributed by atoms with Crippen molar-refractivity contribution < 1.29 is 18.3 Å². The maximum absolute atomic E-state index is 12.1. The summed E-state index contributed by atoms with van der Waals surface area (Å²) in [6.07, 6.45) is 0.678.